The van der Waals surface area contributed by atoms with Gasteiger partial charge in [0, 0.05) is 28.9 Å². The Hall–Kier alpha value is -1.07. The molecule has 0 spiro atoms. The summed E-state index contributed by atoms with van der Waals surface area (Å²) in [6.45, 7) is 1.96. The smallest absolute Gasteiger partial charge is 0.0642 e. The number of nitrogens with zero attached hydrogens (tertiary/aromatic N) is 2. The van der Waals surface area contributed by atoms with Crippen LogP contribution in [0.3, 0.4) is 0 Å². The Morgan fingerprint density at radius 1 is 1.42 bits per heavy atom. The monoisotopic (exact) mass is 298 g/mol. The largest absolute Gasteiger partial charge is 0.275 e. The number of hydrogen-bond donors (Lipinski definition) is 2. The highest BCUT2D eigenvalue weighted by Gasteiger charge is 2.17. The van der Waals surface area contributed by atoms with Crippen LogP contribution in [0.2, 0.25) is 10.0 Å². The fourth-order valence-corrected chi connectivity index (χ4v) is 2.53. The molecule has 1 aromatic carbocycles. The number of hydrogen-bond acceptors (Lipinski definition) is 3. The number of benzene rings is 1. The van der Waals surface area contributed by atoms with Crippen LogP contribution in [0.5, 0.6) is 0 Å². The van der Waals surface area contributed by atoms with Crippen LogP contribution in [0.1, 0.15) is 22.9 Å². The topological polar surface area (TPSA) is 55.9 Å². The third-order valence-electron chi connectivity index (χ3n) is 3.06. The molecular weight excluding hydrogens is 283 g/mol. The molecule has 0 saturated carbocycles. The van der Waals surface area contributed by atoms with Crippen LogP contribution in [-0.2, 0) is 13.5 Å². The van der Waals surface area contributed by atoms with Gasteiger partial charge < -0.3 is 0 Å². The molecule has 1 atom stereocenters. The van der Waals surface area contributed by atoms with E-state index in [1.54, 1.807) is 16.8 Å². The Bertz CT molecular complexity index is 580. The molecule has 0 amide bonds. The van der Waals surface area contributed by atoms with Crippen LogP contribution in [-0.4, -0.2) is 9.78 Å². The van der Waals surface area contributed by atoms with Crippen molar-refractivity contribution in [2.45, 2.75) is 19.4 Å². The van der Waals surface area contributed by atoms with E-state index in [2.05, 4.69) is 10.5 Å². The zero-order valence-corrected chi connectivity index (χ0v) is 12.3. The van der Waals surface area contributed by atoms with E-state index in [0.717, 1.165) is 16.8 Å². The van der Waals surface area contributed by atoms with E-state index in [-0.39, 0.29) is 6.04 Å². The molecule has 0 radical (unpaired) electrons. The molecule has 0 bridgehead atoms. The van der Waals surface area contributed by atoms with Crippen LogP contribution >= 0.6 is 23.2 Å². The van der Waals surface area contributed by atoms with E-state index in [1.807, 2.05) is 26.2 Å². The Morgan fingerprint density at radius 2 is 2.16 bits per heavy atom. The Kier molecular flexibility index (Phi) is 4.47. The summed E-state index contributed by atoms with van der Waals surface area (Å²) < 4.78 is 1.77. The van der Waals surface area contributed by atoms with Crippen LogP contribution in [0, 0.1) is 6.92 Å². The molecule has 102 valence electrons. The number of hydrazine groups is 1. The minimum atomic E-state index is -0.0512. The van der Waals surface area contributed by atoms with Crippen molar-refractivity contribution < 1.29 is 0 Å². The van der Waals surface area contributed by atoms with Crippen molar-refractivity contribution in [2.24, 2.45) is 12.9 Å². The summed E-state index contributed by atoms with van der Waals surface area (Å²) in [5, 5.41) is 5.67. The molecule has 6 heteroatoms. The first-order chi connectivity index (χ1) is 9.01. The standard InChI is InChI=1S/C13H16Cl2N4/c1-8-11(7-19(2)18-8)13(17-16)6-9-5-10(14)3-4-12(9)15/h3-5,7,13,17H,6,16H2,1-2H3. The molecule has 0 aliphatic carbocycles. The fourth-order valence-electron chi connectivity index (χ4n) is 2.14. The molecule has 4 nitrogen and oxygen atoms in total. The number of rotatable bonds is 4. The minimum Gasteiger partial charge on any atom is -0.275 e. The molecule has 19 heavy (non-hydrogen) atoms. The van der Waals surface area contributed by atoms with E-state index in [4.69, 9.17) is 29.0 Å². The predicted octanol–water partition coefficient (Wildman–Crippen LogP) is 2.78. The van der Waals surface area contributed by atoms with Gasteiger partial charge in [-0.2, -0.15) is 5.10 Å². The maximum Gasteiger partial charge on any atom is 0.0642 e. The summed E-state index contributed by atoms with van der Waals surface area (Å²) in [5.41, 5.74) is 5.78. The number of halogens is 2. The third-order valence-corrected chi connectivity index (χ3v) is 3.66. The lowest BCUT2D eigenvalue weighted by Crippen LogP contribution is -2.29. The summed E-state index contributed by atoms with van der Waals surface area (Å²) in [6.07, 6.45) is 2.61. The molecule has 2 rings (SSSR count). The first-order valence-electron chi connectivity index (χ1n) is 5.91. The second-order valence-electron chi connectivity index (χ2n) is 4.50. The number of aromatic nitrogens is 2. The van der Waals surface area contributed by atoms with Crippen LogP contribution in [0.25, 0.3) is 0 Å². The van der Waals surface area contributed by atoms with Gasteiger partial charge in [0.05, 0.1) is 11.7 Å². The quantitative estimate of drug-likeness (QED) is 0.674. The summed E-state index contributed by atoms with van der Waals surface area (Å²) in [4.78, 5) is 0. The maximum atomic E-state index is 6.18. The van der Waals surface area contributed by atoms with Gasteiger partial charge in [-0.1, -0.05) is 23.2 Å². The van der Waals surface area contributed by atoms with Gasteiger partial charge in [-0.25, -0.2) is 0 Å². The van der Waals surface area contributed by atoms with Crippen molar-refractivity contribution in [3.63, 3.8) is 0 Å². The molecule has 1 aromatic heterocycles. The van der Waals surface area contributed by atoms with Crippen LogP contribution < -0.4 is 11.3 Å². The van der Waals surface area contributed by atoms with E-state index >= 15 is 0 Å². The number of nitrogens with one attached hydrogen (secondary N) is 1. The highest BCUT2D eigenvalue weighted by Crippen LogP contribution is 2.26. The molecule has 2 aromatic rings. The van der Waals surface area contributed by atoms with E-state index in [1.165, 1.54) is 0 Å². The second-order valence-corrected chi connectivity index (χ2v) is 5.35. The van der Waals surface area contributed by atoms with Crippen LogP contribution in [0.15, 0.2) is 24.4 Å². The molecule has 0 fully saturated rings. The average Bonchev–Trinajstić information content (AvgIpc) is 2.69. The van der Waals surface area contributed by atoms with Gasteiger partial charge in [0.15, 0.2) is 0 Å². The van der Waals surface area contributed by atoms with Gasteiger partial charge in [0.25, 0.3) is 0 Å². The maximum absolute atomic E-state index is 6.18. The fraction of sp³-hybridized carbons (Fsp3) is 0.308. The van der Waals surface area contributed by atoms with Gasteiger partial charge in [0.2, 0.25) is 0 Å². The third kappa shape index (κ3) is 3.28. The van der Waals surface area contributed by atoms with Gasteiger partial charge in [-0.05, 0) is 37.1 Å². The van der Waals surface area contributed by atoms with Crippen molar-refractivity contribution in [1.82, 2.24) is 15.2 Å². The van der Waals surface area contributed by atoms with Gasteiger partial charge in [-0.15, -0.1) is 0 Å². The van der Waals surface area contributed by atoms with Crippen molar-refractivity contribution in [1.29, 1.82) is 0 Å². The molecule has 0 aliphatic rings. The summed E-state index contributed by atoms with van der Waals surface area (Å²) >= 11 is 12.2. The number of aryl methyl sites for hydroxylation is 2. The molecule has 0 aliphatic heterocycles. The molecule has 0 saturated heterocycles. The molecule has 1 unspecified atom stereocenters. The van der Waals surface area contributed by atoms with Crippen molar-refractivity contribution in [2.75, 3.05) is 0 Å². The van der Waals surface area contributed by atoms with Gasteiger partial charge >= 0.3 is 0 Å². The minimum absolute atomic E-state index is 0.0512. The van der Waals surface area contributed by atoms with Crippen LogP contribution in [0.4, 0.5) is 0 Å². The zero-order chi connectivity index (χ0) is 14.0. The van der Waals surface area contributed by atoms with Crippen molar-refractivity contribution >= 4 is 23.2 Å². The molecule has 3 N–H and O–H groups in total. The predicted molar refractivity (Wildman–Crippen MR) is 78.2 cm³/mol. The lowest BCUT2D eigenvalue weighted by Gasteiger charge is -2.16. The first-order valence-corrected chi connectivity index (χ1v) is 6.67. The lowest BCUT2D eigenvalue weighted by atomic mass is 10.00. The second kappa shape index (κ2) is 5.92. The van der Waals surface area contributed by atoms with Crippen molar-refractivity contribution in [3.8, 4) is 0 Å². The first kappa shape index (κ1) is 14.3. The Labute approximate surface area is 122 Å². The summed E-state index contributed by atoms with van der Waals surface area (Å²) in [5.74, 6) is 5.66. The molecule has 1 heterocycles. The van der Waals surface area contributed by atoms with Gasteiger partial charge in [-0.3, -0.25) is 16.0 Å². The Balaban J connectivity index is 2.29. The summed E-state index contributed by atoms with van der Waals surface area (Å²) in [7, 11) is 1.89. The zero-order valence-electron chi connectivity index (χ0n) is 10.8. The van der Waals surface area contributed by atoms with E-state index < -0.39 is 0 Å². The summed E-state index contributed by atoms with van der Waals surface area (Å²) in [6, 6.07) is 5.38. The lowest BCUT2D eigenvalue weighted by molar-refractivity contribution is 0.549. The Morgan fingerprint density at radius 3 is 2.74 bits per heavy atom. The highest BCUT2D eigenvalue weighted by atomic mass is 35.5. The van der Waals surface area contributed by atoms with Crippen molar-refractivity contribution in [3.05, 3.63) is 51.3 Å². The normalized spacial score (nSPS) is 12.7. The van der Waals surface area contributed by atoms with E-state index in [9.17, 15) is 0 Å². The number of nitrogens with two attached hydrogens (primary N) is 1. The van der Waals surface area contributed by atoms with Gasteiger partial charge in [0.1, 0.15) is 0 Å². The average molecular weight is 299 g/mol. The SMILES string of the molecule is Cc1nn(C)cc1C(Cc1cc(Cl)ccc1Cl)NN. The molecular formula is C13H16Cl2N4. The van der Waals surface area contributed by atoms with E-state index in [0.29, 0.717) is 16.5 Å². The highest BCUT2D eigenvalue weighted by molar-refractivity contribution is 6.33.